The van der Waals surface area contributed by atoms with E-state index in [1.807, 2.05) is 6.92 Å². The Morgan fingerprint density at radius 3 is 2.89 bits per heavy atom. The van der Waals surface area contributed by atoms with Crippen molar-refractivity contribution in [3.05, 3.63) is 22.2 Å². The molecule has 1 atom stereocenters. The molecule has 7 heteroatoms. The van der Waals surface area contributed by atoms with E-state index in [0.29, 0.717) is 11.2 Å². The summed E-state index contributed by atoms with van der Waals surface area (Å²) in [6.07, 6.45) is 6.07. The van der Waals surface area contributed by atoms with Crippen molar-refractivity contribution in [2.24, 2.45) is 0 Å². The summed E-state index contributed by atoms with van der Waals surface area (Å²) < 4.78 is 4.55. The summed E-state index contributed by atoms with van der Waals surface area (Å²) in [7, 11) is 0. The highest BCUT2D eigenvalue weighted by molar-refractivity contribution is 5.93. The largest absolute Gasteiger partial charge is 0.370 e. The molecule has 0 radical (unpaired) electrons. The van der Waals surface area contributed by atoms with Crippen molar-refractivity contribution >= 4 is 22.4 Å². The van der Waals surface area contributed by atoms with Crippen molar-refractivity contribution in [3.63, 3.8) is 0 Å². The van der Waals surface area contributed by atoms with Gasteiger partial charge in [0.05, 0.1) is 16.7 Å². The lowest BCUT2D eigenvalue weighted by molar-refractivity contribution is -0.383. The quantitative estimate of drug-likeness (QED) is 0.503. The summed E-state index contributed by atoms with van der Waals surface area (Å²) in [5.41, 5.74) is 0.835. The fourth-order valence-electron chi connectivity index (χ4n) is 1.57. The third kappa shape index (κ3) is 1.96. The van der Waals surface area contributed by atoms with E-state index in [9.17, 15) is 10.1 Å². The Morgan fingerprint density at radius 2 is 2.28 bits per heavy atom. The van der Waals surface area contributed by atoms with Gasteiger partial charge in [0.15, 0.2) is 5.52 Å². The number of nitro groups is 1. The fraction of sp³-hybridized carbons (Fsp3) is 0.273. The van der Waals surface area contributed by atoms with Crippen LogP contribution >= 0.6 is 0 Å². The van der Waals surface area contributed by atoms with Gasteiger partial charge in [-0.3, -0.25) is 10.1 Å². The molecule has 0 aliphatic rings. The molecule has 92 valence electrons. The normalized spacial score (nSPS) is 12.0. The number of terminal acetylenes is 1. The second-order valence-corrected chi connectivity index (χ2v) is 3.62. The molecule has 1 aromatic heterocycles. The molecule has 0 saturated heterocycles. The van der Waals surface area contributed by atoms with Gasteiger partial charge in [-0.15, -0.1) is 6.42 Å². The zero-order chi connectivity index (χ0) is 13.1. The predicted molar refractivity (Wildman–Crippen MR) is 65.0 cm³/mol. The topological polar surface area (TPSA) is 94.1 Å². The molecule has 0 fully saturated rings. The van der Waals surface area contributed by atoms with Crippen LogP contribution in [0.15, 0.2) is 16.8 Å². The summed E-state index contributed by atoms with van der Waals surface area (Å²) in [5.74, 6) is 2.57. The maximum Gasteiger partial charge on any atom is 0.300 e. The first kappa shape index (κ1) is 11.9. The van der Waals surface area contributed by atoms with Crippen molar-refractivity contribution < 1.29 is 9.55 Å². The minimum absolute atomic E-state index is 0.108. The molecule has 0 amide bonds. The highest BCUT2D eigenvalue weighted by atomic mass is 16.6. The van der Waals surface area contributed by atoms with E-state index in [0.717, 1.165) is 6.42 Å². The Bertz CT molecular complexity index is 629. The molecule has 0 aliphatic carbocycles. The van der Waals surface area contributed by atoms with Gasteiger partial charge >= 0.3 is 5.69 Å². The van der Waals surface area contributed by atoms with E-state index >= 15 is 0 Å². The highest BCUT2D eigenvalue weighted by Crippen LogP contribution is 2.29. The molecule has 2 aromatic rings. The number of rotatable bonds is 4. The first-order valence-electron chi connectivity index (χ1n) is 5.29. The van der Waals surface area contributed by atoms with Gasteiger partial charge in [0.2, 0.25) is 5.52 Å². The predicted octanol–water partition coefficient (Wildman–Crippen LogP) is 1.95. The van der Waals surface area contributed by atoms with Crippen LogP contribution in [0.4, 0.5) is 11.4 Å². The number of benzene rings is 1. The minimum Gasteiger partial charge on any atom is -0.370 e. The fourth-order valence-corrected chi connectivity index (χ4v) is 1.57. The Labute approximate surface area is 102 Å². The van der Waals surface area contributed by atoms with Gasteiger partial charge < -0.3 is 5.32 Å². The number of hydrogen-bond donors (Lipinski definition) is 1. The minimum atomic E-state index is -0.533. The number of anilines is 1. The third-order valence-electron chi connectivity index (χ3n) is 2.53. The van der Waals surface area contributed by atoms with E-state index in [4.69, 9.17) is 6.42 Å². The molecule has 1 N–H and O–H groups in total. The van der Waals surface area contributed by atoms with Crippen LogP contribution in [0, 0.1) is 22.5 Å². The van der Waals surface area contributed by atoms with Gasteiger partial charge in [-0.25, -0.2) is 4.63 Å². The Balaban J connectivity index is 2.48. The molecule has 0 bridgehead atoms. The van der Waals surface area contributed by atoms with Gasteiger partial charge in [0.25, 0.3) is 0 Å². The van der Waals surface area contributed by atoms with Crippen LogP contribution in [-0.4, -0.2) is 21.3 Å². The molecule has 0 aliphatic heterocycles. The number of hydrogen-bond acceptors (Lipinski definition) is 6. The van der Waals surface area contributed by atoms with E-state index in [2.05, 4.69) is 26.2 Å². The Kier molecular flexibility index (Phi) is 3.10. The smallest absolute Gasteiger partial charge is 0.300 e. The zero-order valence-corrected chi connectivity index (χ0v) is 9.58. The molecule has 1 heterocycles. The van der Waals surface area contributed by atoms with E-state index in [1.165, 1.54) is 6.07 Å². The lowest BCUT2D eigenvalue weighted by Gasteiger charge is -2.11. The molecule has 0 saturated carbocycles. The molecule has 0 spiro atoms. The zero-order valence-electron chi connectivity index (χ0n) is 9.58. The van der Waals surface area contributed by atoms with Gasteiger partial charge in [-0.05, 0) is 22.8 Å². The maximum absolute atomic E-state index is 10.8. The van der Waals surface area contributed by atoms with Crippen molar-refractivity contribution in [1.82, 2.24) is 10.3 Å². The van der Waals surface area contributed by atoms with Crippen LogP contribution in [0.2, 0.25) is 0 Å². The monoisotopic (exact) mass is 246 g/mol. The Morgan fingerprint density at radius 1 is 1.56 bits per heavy atom. The molecule has 7 nitrogen and oxygen atoms in total. The van der Waals surface area contributed by atoms with Crippen LogP contribution in [0.3, 0.4) is 0 Å². The number of non-ortho nitro benzene ring substituents is 1. The molecule has 2 rings (SSSR count). The second kappa shape index (κ2) is 4.71. The Hall–Kier alpha value is -2.62. The van der Waals surface area contributed by atoms with Crippen molar-refractivity contribution in [2.75, 3.05) is 5.32 Å². The van der Waals surface area contributed by atoms with Crippen LogP contribution < -0.4 is 5.32 Å². The number of fused-ring (bicyclic) bond motifs is 1. The maximum atomic E-state index is 10.8. The lowest BCUT2D eigenvalue weighted by Crippen LogP contribution is -2.15. The van der Waals surface area contributed by atoms with E-state index in [1.54, 1.807) is 6.07 Å². The molecule has 1 aromatic carbocycles. The molecule has 1 unspecified atom stereocenters. The first-order valence-corrected chi connectivity index (χ1v) is 5.29. The summed E-state index contributed by atoms with van der Waals surface area (Å²) in [6, 6.07) is 2.72. The van der Waals surface area contributed by atoms with Crippen LogP contribution in [0.1, 0.15) is 13.3 Å². The SMILES string of the molecule is C#CC(CC)Nc1ccc([N+](=O)[O-])c2nonc12. The average Bonchev–Trinajstić information content (AvgIpc) is 2.84. The summed E-state index contributed by atoms with van der Waals surface area (Å²) in [4.78, 5) is 10.3. The van der Waals surface area contributed by atoms with Gasteiger partial charge in [-0.1, -0.05) is 12.8 Å². The van der Waals surface area contributed by atoms with Crippen molar-refractivity contribution in [1.29, 1.82) is 0 Å². The third-order valence-corrected chi connectivity index (χ3v) is 2.53. The van der Waals surface area contributed by atoms with Gasteiger partial charge in [0.1, 0.15) is 0 Å². The van der Waals surface area contributed by atoms with Crippen molar-refractivity contribution in [3.8, 4) is 12.3 Å². The second-order valence-electron chi connectivity index (χ2n) is 3.62. The number of nitrogens with zero attached hydrogens (tertiary/aromatic N) is 3. The first-order chi connectivity index (χ1) is 8.67. The standard InChI is InChI=1S/C11H10N4O3/c1-3-7(4-2)12-8-5-6-9(15(16)17)11-10(8)13-18-14-11/h1,5-7,12H,4H2,2H3. The van der Waals surface area contributed by atoms with Crippen LogP contribution in [0.25, 0.3) is 11.0 Å². The molecular formula is C11H10N4O3. The summed E-state index contributed by atoms with van der Waals surface area (Å²) in [5, 5.41) is 21.1. The van der Waals surface area contributed by atoms with Gasteiger partial charge in [0, 0.05) is 6.07 Å². The average molecular weight is 246 g/mol. The highest BCUT2D eigenvalue weighted by Gasteiger charge is 2.20. The lowest BCUT2D eigenvalue weighted by atomic mass is 10.2. The number of nitro benzene ring substituents is 1. The van der Waals surface area contributed by atoms with E-state index in [-0.39, 0.29) is 17.2 Å². The number of nitrogens with one attached hydrogen (secondary N) is 1. The van der Waals surface area contributed by atoms with Crippen LogP contribution in [0.5, 0.6) is 0 Å². The van der Waals surface area contributed by atoms with E-state index < -0.39 is 4.92 Å². The van der Waals surface area contributed by atoms with Crippen molar-refractivity contribution in [2.45, 2.75) is 19.4 Å². The molecule has 18 heavy (non-hydrogen) atoms. The van der Waals surface area contributed by atoms with Gasteiger partial charge in [-0.2, -0.15) is 0 Å². The van der Waals surface area contributed by atoms with Crippen LogP contribution in [-0.2, 0) is 0 Å². The summed E-state index contributed by atoms with van der Waals surface area (Å²) >= 11 is 0. The molecular weight excluding hydrogens is 236 g/mol. The number of aromatic nitrogens is 2. The summed E-state index contributed by atoms with van der Waals surface area (Å²) in [6.45, 7) is 1.93.